The summed E-state index contributed by atoms with van der Waals surface area (Å²) in [6.45, 7) is 9.19. The standard InChI is InChI=1S/C14H24N2/c1-6-14(3,4)13(15-5)11(2)12-7-9-16-10-8-12/h7-11,13,15H,6H2,1-5H3. The van der Waals surface area contributed by atoms with Gasteiger partial charge in [-0.2, -0.15) is 0 Å². The molecule has 2 nitrogen and oxygen atoms in total. The number of rotatable bonds is 5. The highest BCUT2D eigenvalue weighted by atomic mass is 14.9. The highest BCUT2D eigenvalue weighted by molar-refractivity contribution is 5.18. The fourth-order valence-corrected chi connectivity index (χ4v) is 2.40. The maximum Gasteiger partial charge on any atom is 0.0270 e. The second-order valence-corrected chi connectivity index (χ2v) is 5.18. The molecule has 0 spiro atoms. The van der Waals surface area contributed by atoms with Crippen molar-refractivity contribution in [2.45, 2.75) is 46.1 Å². The Labute approximate surface area is 99.5 Å². The zero-order valence-corrected chi connectivity index (χ0v) is 11.1. The summed E-state index contributed by atoms with van der Waals surface area (Å²) in [7, 11) is 2.06. The average Bonchev–Trinajstić information content (AvgIpc) is 2.30. The first-order valence-corrected chi connectivity index (χ1v) is 6.10. The average molecular weight is 220 g/mol. The lowest BCUT2D eigenvalue weighted by molar-refractivity contribution is 0.216. The van der Waals surface area contributed by atoms with Gasteiger partial charge in [-0.15, -0.1) is 0 Å². The zero-order chi connectivity index (χ0) is 12.2. The van der Waals surface area contributed by atoms with E-state index in [1.807, 2.05) is 12.4 Å². The van der Waals surface area contributed by atoms with Gasteiger partial charge in [0, 0.05) is 18.4 Å². The summed E-state index contributed by atoms with van der Waals surface area (Å²) in [6, 6.07) is 4.71. The Hall–Kier alpha value is -0.890. The first-order valence-electron chi connectivity index (χ1n) is 6.10. The normalized spacial score (nSPS) is 15.8. The molecule has 0 bridgehead atoms. The van der Waals surface area contributed by atoms with E-state index in [0.29, 0.717) is 17.4 Å². The van der Waals surface area contributed by atoms with E-state index in [9.17, 15) is 0 Å². The SMILES string of the molecule is CCC(C)(C)C(NC)C(C)c1ccncc1. The molecule has 0 aliphatic carbocycles. The highest BCUT2D eigenvalue weighted by Crippen LogP contribution is 2.33. The van der Waals surface area contributed by atoms with Crippen LogP contribution in [0.1, 0.15) is 45.6 Å². The molecule has 16 heavy (non-hydrogen) atoms. The second kappa shape index (κ2) is 5.44. The number of hydrogen-bond acceptors (Lipinski definition) is 2. The monoisotopic (exact) mass is 220 g/mol. The largest absolute Gasteiger partial charge is 0.316 e. The number of nitrogens with zero attached hydrogens (tertiary/aromatic N) is 1. The van der Waals surface area contributed by atoms with Crippen LogP contribution in [0.15, 0.2) is 24.5 Å². The molecule has 2 atom stereocenters. The van der Waals surface area contributed by atoms with Crippen LogP contribution in [0.25, 0.3) is 0 Å². The molecule has 2 unspecified atom stereocenters. The summed E-state index contributed by atoms with van der Waals surface area (Å²) < 4.78 is 0. The summed E-state index contributed by atoms with van der Waals surface area (Å²) in [4.78, 5) is 4.07. The van der Waals surface area contributed by atoms with Gasteiger partial charge in [0.05, 0.1) is 0 Å². The third-order valence-electron chi connectivity index (χ3n) is 3.80. The minimum absolute atomic E-state index is 0.303. The van der Waals surface area contributed by atoms with Crippen molar-refractivity contribution >= 4 is 0 Å². The molecule has 0 saturated carbocycles. The van der Waals surface area contributed by atoms with E-state index >= 15 is 0 Å². The molecule has 0 aliphatic heterocycles. The van der Waals surface area contributed by atoms with Gasteiger partial charge >= 0.3 is 0 Å². The number of likely N-dealkylation sites (N-methyl/N-ethyl adjacent to an activating group) is 1. The van der Waals surface area contributed by atoms with Crippen molar-refractivity contribution in [3.8, 4) is 0 Å². The van der Waals surface area contributed by atoms with Crippen LogP contribution in [0, 0.1) is 5.41 Å². The van der Waals surface area contributed by atoms with Crippen molar-refractivity contribution in [2.24, 2.45) is 5.41 Å². The molecule has 1 N–H and O–H groups in total. The van der Waals surface area contributed by atoms with Crippen molar-refractivity contribution in [3.63, 3.8) is 0 Å². The summed E-state index contributed by atoms with van der Waals surface area (Å²) in [6.07, 6.45) is 4.92. The summed E-state index contributed by atoms with van der Waals surface area (Å²) in [5.74, 6) is 0.503. The Bertz CT molecular complexity index is 306. The van der Waals surface area contributed by atoms with Gasteiger partial charge in [0.15, 0.2) is 0 Å². The minimum atomic E-state index is 0.303. The number of nitrogens with one attached hydrogen (secondary N) is 1. The van der Waals surface area contributed by atoms with Gasteiger partial charge < -0.3 is 5.32 Å². The van der Waals surface area contributed by atoms with E-state index in [0.717, 1.165) is 0 Å². The van der Waals surface area contributed by atoms with E-state index in [-0.39, 0.29) is 0 Å². The van der Waals surface area contributed by atoms with Gasteiger partial charge in [-0.25, -0.2) is 0 Å². The van der Waals surface area contributed by atoms with Crippen molar-refractivity contribution in [2.75, 3.05) is 7.05 Å². The minimum Gasteiger partial charge on any atom is -0.316 e. The van der Waals surface area contributed by atoms with Crippen LogP contribution < -0.4 is 5.32 Å². The van der Waals surface area contributed by atoms with E-state index in [2.05, 4.69) is 57.2 Å². The molecule has 1 rings (SSSR count). The summed E-state index contributed by atoms with van der Waals surface area (Å²) in [5.41, 5.74) is 1.66. The third-order valence-corrected chi connectivity index (χ3v) is 3.80. The van der Waals surface area contributed by atoms with Crippen LogP contribution in [-0.2, 0) is 0 Å². The first-order chi connectivity index (χ1) is 7.53. The van der Waals surface area contributed by atoms with Crippen molar-refractivity contribution < 1.29 is 0 Å². The predicted molar refractivity (Wildman–Crippen MR) is 69.6 cm³/mol. The molecule has 0 radical (unpaired) electrons. The molecule has 0 aliphatic rings. The van der Waals surface area contributed by atoms with Crippen LogP contribution in [0.2, 0.25) is 0 Å². The van der Waals surface area contributed by atoms with Crippen LogP contribution in [0.3, 0.4) is 0 Å². The molecule has 1 heterocycles. The van der Waals surface area contributed by atoms with Gasteiger partial charge in [-0.1, -0.05) is 27.7 Å². The second-order valence-electron chi connectivity index (χ2n) is 5.18. The van der Waals surface area contributed by atoms with Gasteiger partial charge in [-0.3, -0.25) is 4.98 Å². The molecular weight excluding hydrogens is 196 g/mol. The van der Waals surface area contributed by atoms with Crippen LogP contribution >= 0.6 is 0 Å². The van der Waals surface area contributed by atoms with Crippen LogP contribution in [-0.4, -0.2) is 18.1 Å². The van der Waals surface area contributed by atoms with Crippen LogP contribution in [0.5, 0.6) is 0 Å². The molecule has 2 heteroatoms. The molecule has 0 amide bonds. The van der Waals surface area contributed by atoms with Gasteiger partial charge in [-0.05, 0) is 42.5 Å². The van der Waals surface area contributed by atoms with Gasteiger partial charge in [0.1, 0.15) is 0 Å². The Morgan fingerprint density at radius 3 is 2.31 bits per heavy atom. The zero-order valence-electron chi connectivity index (χ0n) is 11.1. The van der Waals surface area contributed by atoms with Crippen molar-refractivity contribution in [3.05, 3.63) is 30.1 Å². The summed E-state index contributed by atoms with van der Waals surface area (Å²) in [5, 5.41) is 3.47. The Morgan fingerprint density at radius 1 is 1.31 bits per heavy atom. The van der Waals surface area contributed by atoms with E-state index in [1.165, 1.54) is 12.0 Å². The van der Waals surface area contributed by atoms with Crippen molar-refractivity contribution in [1.29, 1.82) is 0 Å². The fourth-order valence-electron chi connectivity index (χ4n) is 2.40. The van der Waals surface area contributed by atoms with E-state index < -0.39 is 0 Å². The van der Waals surface area contributed by atoms with Crippen molar-refractivity contribution in [1.82, 2.24) is 10.3 Å². The molecule has 0 aromatic carbocycles. The molecule has 0 fully saturated rings. The molecule has 90 valence electrons. The topological polar surface area (TPSA) is 24.9 Å². The maximum absolute atomic E-state index is 4.07. The molecular formula is C14H24N2. The molecule has 0 saturated heterocycles. The predicted octanol–water partition coefficient (Wildman–Crippen LogP) is 3.21. The number of aromatic nitrogens is 1. The Morgan fingerprint density at radius 2 is 1.88 bits per heavy atom. The lowest BCUT2D eigenvalue weighted by Gasteiger charge is -2.37. The smallest absolute Gasteiger partial charge is 0.0270 e. The fraction of sp³-hybridized carbons (Fsp3) is 0.643. The van der Waals surface area contributed by atoms with Crippen LogP contribution in [0.4, 0.5) is 0 Å². The highest BCUT2D eigenvalue weighted by Gasteiger charge is 2.31. The van der Waals surface area contributed by atoms with E-state index in [4.69, 9.17) is 0 Å². The number of hydrogen-bond donors (Lipinski definition) is 1. The van der Waals surface area contributed by atoms with E-state index in [1.54, 1.807) is 0 Å². The summed E-state index contributed by atoms with van der Waals surface area (Å²) >= 11 is 0. The lowest BCUT2D eigenvalue weighted by Crippen LogP contribution is -2.43. The lowest BCUT2D eigenvalue weighted by atomic mass is 9.74. The molecule has 1 aromatic heterocycles. The number of pyridine rings is 1. The maximum atomic E-state index is 4.07. The van der Waals surface area contributed by atoms with Gasteiger partial charge in [0.2, 0.25) is 0 Å². The molecule has 1 aromatic rings. The Kier molecular flexibility index (Phi) is 4.48. The third kappa shape index (κ3) is 2.82. The quantitative estimate of drug-likeness (QED) is 0.824. The Balaban J connectivity index is 2.90. The van der Waals surface area contributed by atoms with Gasteiger partial charge in [0.25, 0.3) is 0 Å². The first kappa shape index (κ1) is 13.2.